The smallest absolute Gasteiger partial charge is 0.275 e. The van der Waals surface area contributed by atoms with Crippen LogP contribution < -0.4 is 15.6 Å². The Morgan fingerprint density at radius 2 is 2.19 bits per heavy atom. The molecule has 0 saturated heterocycles. The second kappa shape index (κ2) is 8.03. The minimum Gasteiger partial charge on any atom is -0.471 e. The van der Waals surface area contributed by atoms with Crippen LogP contribution in [0.3, 0.4) is 0 Å². The molecule has 2 aromatic heterocycles. The van der Waals surface area contributed by atoms with Crippen molar-refractivity contribution < 1.29 is 9.13 Å². The number of nitrogens with zero attached hydrogens (tertiary/aromatic N) is 4. The lowest BCUT2D eigenvalue weighted by molar-refractivity contribution is 0.179. The molecule has 5 rings (SSSR count). The first-order valence-corrected chi connectivity index (χ1v) is 10.4. The standard InChI is InChI=1S/C23H24FN5O2/c1-27-21-5-2-8-25-13-20(21)19-7-6-17(10-22(19)27)29-23(30)11-18(12-26-29)31-15-28-9-3-4-16(24)14-28/h3-4,6-7,10-12,14,25H,2,5,8-9,13,15H2,1H3. The van der Waals surface area contributed by atoms with Crippen molar-refractivity contribution in [3.8, 4) is 11.4 Å². The minimum atomic E-state index is -0.326. The van der Waals surface area contributed by atoms with Crippen molar-refractivity contribution in [3.05, 3.63) is 76.3 Å². The third-order valence-electron chi connectivity index (χ3n) is 5.83. The first-order chi connectivity index (χ1) is 15.1. The number of nitrogens with one attached hydrogen (secondary N) is 1. The Labute approximate surface area is 179 Å². The van der Waals surface area contributed by atoms with Gasteiger partial charge in [-0.15, -0.1) is 0 Å². The largest absolute Gasteiger partial charge is 0.471 e. The second-order valence-corrected chi connectivity index (χ2v) is 7.87. The summed E-state index contributed by atoms with van der Waals surface area (Å²) in [6.07, 6.45) is 8.17. The van der Waals surface area contributed by atoms with E-state index in [1.165, 1.54) is 45.9 Å². The fourth-order valence-electron chi connectivity index (χ4n) is 4.28. The number of aryl methyl sites for hydroxylation is 1. The Morgan fingerprint density at radius 1 is 1.29 bits per heavy atom. The van der Waals surface area contributed by atoms with E-state index in [4.69, 9.17) is 4.74 Å². The van der Waals surface area contributed by atoms with Gasteiger partial charge in [0.1, 0.15) is 11.6 Å². The molecule has 0 amide bonds. The van der Waals surface area contributed by atoms with Crippen molar-refractivity contribution in [2.75, 3.05) is 19.8 Å². The van der Waals surface area contributed by atoms with E-state index < -0.39 is 0 Å². The summed E-state index contributed by atoms with van der Waals surface area (Å²) in [4.78, 5) is 14.4. The summed E-state index contributed by atoms with van der Waals surface area (Å²) in [5.41, 5.74) is 4.20. The molecule has 0 fully saturated rings. The maximum atomic E-state index is 13.3. The summed E-state index contributed by atoms with van der Waals surface area (Å²) in [6.45, 7) is 2.58. The number of aromatic nitrogens is 3. The van der Waals surface area contributed by atoms with E-state index in [2.05, 4.69) is 28.1 Å². The van der Waals surface area contributed by atoms with Crippen molar-refractivity contribution >= 4 is 10.9 Å². The molecule has 1 N–H and O–H groups in total. The summed E-state index contributed by atoms with van der Waals surface area (Å²) in [5.74, 6) is 0.0230. The van der Waals surface area contributed by atoms with Crippen molar-refractivity contribution in [1.29, 1.82) is 0 Å². The Bertz CT molecular complexity index is 1260. The molecular formula is C23H24FN5O2. The summed E-state index contributed by atoms with van der Waals surface area (Å²) in [5, 5.41) is 8.99. The lowest BCUT2D eigenvalue weighted by Gasteiger charge is -2.21. The van der Waals surface area contributed by atoms with Crippen LogP contribution in [0.2, 0.25) is 0 Å². The van der Waals surface area contributed by atoms with Crippen LogP contribution >= 0.6 is 0 Å². The van der Waals surface area contributed by atoms with Gasteiger partial charge in [-0.25, -0.2) is 4.39 Å². The van der Waals surface area contributed by atoms with Gasteiger partial charge < -0.3 is 19.5 Å². The van der Waals surface area contributed by atoms with Gasteiger partial charge in [-0.1, -0.05) is 12.1 Å². The molecule has 0 saturated carbocycles. The zero-order valence-electron chi connectivity index (χ0n) is 17.3. The van der Waals surface area contributed by atoms with Crippen LogP contribution in [0.25, 0.3) is 16.6 Å². The number of allylic oxidation sites excluding steroid dienone is 2. The fraction of sp³-hybridized carbons (Fsp3) is 0.304. The molecule has 0 unspecified atom stereocenters. The number of ether oxygens (including phenoxy) is 1. The Balaban J connectivity index is 1.40. The van der Waals surface area contributed by atoms with Crippen molar-refractivity contribution in [3.63, 3.8) is 0 Å². The molecule has 160 valence electrons. The zero-order chi connectivity index (χ0) is 21.4. The predicted molar refractivity (Wildman–Crippen MR) is 117 cm³/mol. The van der Waals surface area contributed by atoms with E-state index in [9.17, 15) is 9.18 Å². The molecule has 0 aliphatic carbocycles. The molecule has 1 aromatic carbocycles. The molecule has 2 aliphatic rings. The van der Waals surface area contributed by atoms with Crippen LogP contribution in [0.15, 0.2) is 59.4 Å². The van der Waals surface area contributed by atoms with E-state index >= 15 is 0 Å². The summed E-state index contributed by atoms with van der Waals surface area (Å²) >= 11 is 0. The third kappa shape index (κ3) is 3.74. The Morgan fingerprint density at radius 3 is 3.03 bits per heavy atom. The number of hydrogen-bond acceptors (Lipinski definition) is 5. The maximum Gasteiger partial charge on any atom is 0.275 e. The highest BCUT2D eigenvalue weighted by molar-refractivity contribution is 5.87. The Kier molecular flexibility index (Phi) is 5.07. The molecular weight excluding hydrogens is 397 g/mol. The topological polar surface area (TPSA) is 64.3 Å². The number of fused-ring (bicyclic) bond motifs is 3. The molecule has 0 bridgehead atoms. The summed E-state index contributed by atoms with van der Waals surface area (Å²) in [7, 11) is 2.08. The van der Waals surface area contributed by atoms with Crippen LogP contribution in [0.4, 0.5) is 4.39 Å². The molecule has 0 spiro atoms. The van der Waals surface area contributed by atoms with Gasteiger partial charge >= 0.3 is 0 Å². The lowest BCUT2D eigenvalue weighted by atomic mass is 10.1. The number of hydrogen-bond donors (Lipinski definition) is 1. The van der Waals surface area contributed by atoms with Crippen molar-refractivity contribution in [2.45, 2.75) is 19.4 Å². The molecule has 7 nitrogen and oxygen atoms in total. The molecule has 3 aromatic rings. The number of rotatable bonds is 4. The second-order valence-electron chi connectivity index (χ2n) is 7.87. The van der Waals surface area contributed by atoms with E-state index in [1.54, 1.807) is 11.0 Å². The number of halogens is 1. The third-order valence-corrected chi connectivity index (χ3v) is 5.83. The van der Waals surface area contributed by atoms with Crippen LogP contribution in [-0.2, 0) is 20.0 Å². The van der Waals surface area contributed by atoms with Gasteiger partial charge in [0.05, 0.1) is 17.4 Å². The van der Waals surface area contributed by atoms with Gasteiger partial charge in [0, 0.05) is 43.5 Å². The monoisotopic (exact) mass is 421 g/mol. The SMILES string of the molecule is Cn1c2c(c3ccc(-n4ncc(OCN5C=C(F)C=CC5)cc4=O)cc31)CNCCC2. The van der Waals surface area contributed by atoms with Crippen LogP contribution in [0.1, 0.15) is 17.7 Å². The van der Waals surface area contributed by atoms with Gasteiger partial charge in [0.15, 0.2) is 6.73 Å². The van der Waals surface area contributed by atoms with Gasteiger partial charge in [-0.05, 0) is 43.2 Å². The van der Waals surface area contributed by atoms with E-state index in [0.29, 0.717) is 18.0 Å². The van der Waals surface area contributed by atoms with E-state index in [1.807, 2.05) is 12.1 Å². The average molecular weight is 421 g/mol. The first kappa shape index (κ1) is 19.6. The van der Waals surface area contributed by atoms with Gasteiger partial charge in [-0.2, -0.15) is 9.78 Å². The highest BCUT2D eigenvalue weighted by Crippen LogP contribution is 2.29. The minimum absolute atomic E-state index is 0.137. The molecule has 2 aliphatic heterocycles. The van der Waals surface area contributed by atoms with Crippen LogP contribution in [0, 0.1) is 0 Å². The van der Waals surface area contributed by atoms with Crippen LogP contribution in [0.5, 0.6) is 5.75 Å². The van der Waals surface area contributed by atoms with Gasteiger partial charge in [-0.3, -0.25) is 4.79 Å². The summed E-state index contributed by atoms with van der Waals surface area (Å²) in [6, 6.07) is 7.41. The van der Waals surface area contributed by atoms with Crippen LogP contribution in [-0.4, -0.2) is 39.1 Å². The van der Waals surface area contributed by atoms with Crippen molar-refractivity contribution in [1.82, 2.24) is 24.6 Å². The quantitative estimate of drug-likeness (QED) is 0.702. The molecule has 0 atom stereocenters. The molecule has 0 radical (unpaired) electrons. The highest BCUT2D eigenvalue weighted by atomic mass is 19.1. The van der Waals surface area contributed by atoms with Gasteiger partial charge in [0.2, 0.25) is 0 Å². The Hall–Kier alpha value is -3.39. The highest BCUT2D eigenvalue weighted by Gasteiger charge is 2.18. The molecule has 4 heterocycles. The van der Waals surface area contributed by atoms with E-state index in [-0.39, 0.29) is 18.1 Å². The maximum absolute atomic E-state index is 13.3. The first-order valence-electron chi connectivity index (χ1n) is 10.4. The molecule has 8 heteroatoms. The van der Waals surface area contributed by atoms with Gasteiger partial charge in [0.25, 0.3) is 5.56 Å². The normalized spacial score (nSPS) is 16.2. The lowest BCUT2D eigenvalue weighted by Crippen LogP contribution is -2.26. The average Bonchev–Trinajstić information content (AvgIpc) is 2.92. The fourth-order valence-corrected chi connectivity index (χ4v) is 4.28. The summed E-state index contributed by atoms with van der Waals surface area (Å²) < 4.78 is 22.5. The van der Waals surface area contributed by atoms with E-state index in [0.717, 1.165) is 31.4 Å². The zero-order valence-corrected chi connectivity index (χ0v) is 17.3. The van der Waals surface area contributed by atoms with Crippen molar-refractivity contribution in [2.24, 2.45) is 7.05 Å². The molecule has 31 heavy (non-hydrogen) atoms. The predicted octanol–water partition coefficient (Wildman–Crippen LogP) is 2.78. The number of benzene rings is 1.